The van der Waals surface area contributed by atoms with Gasteiger partial charge in [0, 0.05) is 16.5 Å². The van der Waals surface area contributed by atoms with Crippen LogP contribution in [0, 0.1) is 0 Å². The van der Waals surface area contributed by atoms with Crippen molar-refractivity contribution in [2.24, 2.45) is 0 Å². The Hall–Kier alpha value is -1.48. The molecule has 1 N–H and O–H groups in total. The zero-order valence-corrected chi connectivity index (χ0v) is 16.3. The zero-order chi connectivity index (χ0) is 18.2. The van der Waals surface area contributed by atoms with E-state index < -0.39 is 10.1 Å². The van der Waals surface area contributed by atoms with Crippen molar-refractivity contribution in [1.29, 1.82) is 0 Å². The number of benzene rings is 1. The first kappa shape index (κ1) is 17.9. The van der Waals surface area contributed by atoms with Gasteiger partial charge in [-0.1, -0.05) is 12.1 Å². The van der Waals surface area contributed by atoms with Crippen molar-refractivity contribution in [3.8, 4) is 16.3 Å². The van der Waals surface area contributed by atoms with Crippen LogP contribution < -0.4 is 10.1 Å². The maximum absolute atomic E-state index is 11.2. The van der Waals surface area contributed by atoms with Gasteiger partial charge in [-0.15, -0.1) is 11.3 Å². The van der Waals surface area contributed by atoms with Crippen molar-refractivity contribution in [2.45, 2.75) is 37.9 Å². The molecule has 0 unspecified atom stereocenters. The van der Waals surface area contributed by atoms with Crippen molar-refractivity contribution < 1.29 is 17.3 Å². The van der Waals surface area contributed by atoms with Crippen molar-refractivity contribution in [3.05, 3.63) is 34.8 Å². The fourth-order valence-electron chi connectivity index (χ4n) is 3.66. The van der Waals surface area contributed by atoms with Crippen molar-refractivity contribution in [3.63, 3.8) is 0 Å². The number of hydrogen-bond acceptors (Lipinski definition) is 7. The standard InChI is InChI=1S/C18H22N2O4S2/c1-26(21,22)23-11-13-12-25-17(20-13)15-3-2-4-16-14(15)5-6-18(24-16)7-9-19-10-8-18/h2-4,12,19H,5-11H2,1H3. The monoisotopic (exact) mass is 394 g/mol. The first-order valence-electron chi connectivity index (χ1n) is 8.75. The van der Waals surface area contributed by atoms with E-state index in [-0.39, 0.29) is 12.2 Å². The minimum Gasteiger partial charge on any atom is -0.487 e. The Morgan fingerprint density at radius 2 is 2.12 bits per heavy atom. The molecule has 0 saturated carbocycles. The van der Waals surface area contributed by atoms with Crippen molar-refractivity contribution >= 4 is 21.5 Å². The number of aromatic nitrogens is 1. The summed E-state index contributed by atoms with van der Waals surface area (Å²) in [5, 5.41) is 6.12. The third-order valence-electron chi connectivity index (χ3n) is 5.01. The first-order valence-corrected chi connectivity index (χ1v) is 11.4. The van der Waals surface area contributed by atoms with Gasteiger partial charge in [-0.2, -0.15) is 8.42 Å². The fraction of sp³-hybridized carbons (Fsp3) is 0.500. The fourth-order valence-corrected chi connectivity index (χ4v) is 4.85. The summed E-state index contributed by atoms with van der Waals surface area (Å²) in [5.74, 6) is 0.958. The summed E-state index contributed by atoms with van der Waals surface area (Å²) in [7, 11) is -3.47. The number of fused-ring (bicyclic) bond motifs is 1. The minimum atomic E-state index is -3.47. The van der Waals surface area contributed by atoms with E-state index in [0.717, 1.165) is 61.3 Å². The maximum atomic E-state index is 11.2. The van der Waals surface area contributed by atoms with E-state index in [1.807, 2.05) is 17.5 Å². The number of ether oxygens (including phenoxy) is 1. The lowest BCUT2D eigenvalue weighted by Gasteiger charge is -2.42. The average molecular weight is 395 g/mol. The third-order valence-corrected chi connectivity index (χ3v) is 6.48. The summed E-state index contributed by atoms with van der Waals surface area (Å²) in [6.45, 7) is 1.98. The highest BCUT2D eigenvalue weighted by molar-refractivity contribution is 7.85. The molecule has 140 valence electrons. The van der Waals surface area contributed by atoms with Gasteiger partial charge >= 0.3 is 0 Å². The van der Waals surface area contributed by atoms with E-state index in [2.05, 4.69) is 16.4 Å². The number of rotatable bonds is 4. The molecule has 3 heterocycles. The second kappa shape index (κ2) is 6.92. The van der Waals surface area contributed by atoms with Crippen LogP contribution in [0.1, 0.15) is 30.5 Å². The Morgan fingerprint density at radius 3 is 2.88 bits per heavy atom. The van der Waals surface area contributed by atoms with Crippen LogP contribution in [0.2, 0.25) is 0 Å². The number of nitrogens with one attached hydrogen (secondary N) is 1. The van der Waals surface area contributed by atoms with Gasteiger partial charge in [-0.25, -0.2) is 4.98 Å². The lowest BCUT2D eigenvalue weighted by Crippen LogP contribution is -2.48. The number of hydrogen-bond donors (Lipinski definition) is 1. The summed E-state index contributed by atoms with van der Waals surface area (Å²) in [6, 6.07) is 6.11. The predicted molar refractivity (Wildman–Crippen MR) is 101 cm³/mol. The molecule has 1 aromatic carbocycles. The van der Waals surface area contributed by atoms with Crippen LogP contribution in [-0.4, -0.2) is 38.3 Å². The topological polar surface area (TPSA) is 77.5 Å². The molecule has 2 aromatic rings. The SMILES string of the molecule is CS(=O)(=O)OCc1csc(-c2cccc3c2CCC2(CCNCC2)O3)n1. The van der Waals surface area contributed by atoms with E-state index in [9.17, 15) is 8.42 Å². The second-order valence-corrected chi connectivity index (χ2v) is 9.43. The van der Waals surface area contributed by atoms with E-state index in [4.69, 9.17) is 8.92 Å². The Kier molecular flexibility index (Phi) is 4.77. The molecule has 1 spiro atoms. The average Bonchev–Trinajstić information content (AvgIpc) is 3.08. The minimum absolute atomic E-state index is 0.0308. The molecule has 0 bridgehead atoms. The molecule has 0 aliphatic carbocycles. The number of thiazole rings is 1. The van der Waals surface area contributed by atoms with Crippen LogP contribution in [0.4, 0.5) is 0 Å². The van der Waals surface area contributed by atoms with Crippen LogP contribution in [0.3, 0.4) is 0 Å². The van der Waals surface area contributed by atoms with Crippen LogP contribution in [0.5, 0.6) is 5.75 Å². The van der Waals surface area contributed by atoms with Gasteiger partial charge in [0.25, 0.3) is 10.1 Å². The molecule has 1 fully saturated rings. The predicted octanol–water partition coefficient (Wildman–Crippen LogP) is 2.73. The Morgan fingerprint density at radius 1 is 1.31 bits per heavy atom. The smallest absolute Gasteiger partial charge is 0.264 e. The Balaban J connectivity index is 1.58. The van der Waals surface area contributed by atoms with Gasteiger partial charge in [0.05, 0.1) is 11.9 Å². The molecule has 1 aromatic heterocycles. The van der Waals surface area contributed by atoms with Crippen molar-refractivity contribution in [2.75, 3.05) is 19.3 Å². The Labute approximate surface area is 157 Å². The van der Waals surface area contributed by atoms with Crippen molar-refractivity contribution in [1.82, 2.24) is 10.3 Å². The number of piperidine rings is 1. The normalized spacial score (nSPS) is 19.1. The lowest BCUT2D eigenvalue weighted by molar-refractivity contribution is 0.0171. The first-order chi connectivity index (χ1) is 12.4. The molecule has 0 radical (unpaired) electrons. The highest BCUT2D eigenvalue weighted by Gasteiger charge is 2.38. The van der Waals surface area contributed by atoms with Gasteiger partial charge in [0.1, 0.15) is 23.0 Å². The lowest BCUT2D eigenvalue weighted by atomic mass is 9.83. The summed E-state index contributed by atoms with van der Waals surface area (Å²) in [5.41, 5.74) is 2.86. The van der Waals surface area contributed by atoms with E-state index in [1.54, 1.807) is 0 Å². The molecule has 4 rings (SSSR count). The van der Waals surface area contributed by atoms with Gasteiger partial charge in [-0.05, 0) is 44.8 Å². The zero-order valence-electron chi connectivity index (χ0n) is 14.7. The van der Waals surface area contributed by atoms with E-state index in [0.29, 0.717) is 5.69 Å². The van der Waals surface area contributed by atoms with Gasteiger partial charge in [0.15, 0.2) is 0 Å². The molecule has 26 heavy (non-hydrogen) atoms. The molecule has 2 aliphatic rings. The second-order valence-electron chi connectivity index (χ2n) is 6.93. The van der Waals surface area contributed by atoms with Gasteiger partial charge < -0.3 is 10.1 Å². The van der Waals surface area contributed by atoms with Crippen LogP contribution in [-0.2, 0) is 27.3 Å². The molecule has 0 amide bonds. The molecular formula is C18H22N2O4S2. The summed E-state index contributed by atoms with van der Waals surface area (Å²) >= 11 is 1.50. The molecule has 1 saturated heterocycles. The quantitative estimate of drug-likeness (QED) is 0.804. The molecular weight excluding hydrogens is 372 g/mol. The summed E-state index contributed by atoms with van der Waals surface area (Å²) in [6.07, 6.45) is 5.12. The number of nitrogens with zero attached hydrogens (tertiary/aromatic N) is 1. The van der Waals surface area contributed by atoms with Crippen LogP contribution in [0.25, 0.3) is 10.6 Å². The van der Waals surface area contributed by atoms with E-state index >= 15 is 0 Å². The molecule has 2 aliphatic heterocycles. The molecule has 0 atom stereocenters. The Bertz CT molecular complexity index is 902. The molecule has 6 nitrogen and oxygen atoms in total. The largest absolute Gasteiger partial charge is 0.487 e. The van der Waals surface area contributed by atoms with Gasteiger partial charge in [0.2, 0.25) is 0 Å². The molecule has 8 heteroatoms. The van der Waals surface area contributed by atoms with Crippen LogP contribution >= 0.6 is 11.3 Å². The van der Waals surface area contributed by atoms with Gasteiger partial charge in [-0.3, -0.25) is 4.18 Å². The maximum Gasteiger partial charge on any atom is 0.264 e. The third kappa shape index (κ3) is 3.78. The summed E-state index contributed by atoms with van der Waals surface area (Å²) in [4.78, 5) is 4.56. The highest BCUT2D eigenvalue weighted by atomic mass is 32.2. The van der Waals surface area contributed by atoms with Crippen LogP contribution in [0.15, 0.2) is 23.6 Å². The summed E-state index contributed by atoms with van der Waals surface area (Å²) < 4.78 is 33.6. The highest BCUT2D eigenvalue weighted by Crippen LogP contribution is 2.42. The van der Waals surface area contributed by atoms with E-state index in [1.165, 1.54) is 16.9 Å².